The van der Waals surface area contributed by atoms with Crippen molar-refractivity contribution in [1.29, 1.82) is 0 Å². The van der Waals surface area contributed by atoms with Crippen LogP contribution < -0.4 is 18.9 Å². The van der Waals surface area contributed by atoms with Gasteiger partial charge in [0.15, 0.2) is 23.1 Å². The number of hydrogen-bond donors (Lipinski definition) is 0. The quantitative estimate of drug-likeness (QED) is 0.575. The Bertz CT molecular complexity index is 1000. The number of ketones is 2. The summed E-state index contributed by atoms with van der Waals surface area (Å²) in [6, 6.07) is 8.28. The van der Waals surface area contributed by atoms with Crippen LogP contribution >= 0.6 is 0 Å². The third kappa shape index (κ3) is 3.22. The minimum absolute atomic E-state index is 0.130. The first-order valence-electron chi connectivity index (χ1n) is 8.93. The number of Topliss-reactive ketones (excluding diaryl/α,β-unsaturated/α-hetero) is 2. The van der Waals surface area contributed by atoms with E-state index in [0.29, 0.717) is 39.7 Å². The van der Waals surface area contributed by atoms with E-state index in [1.54, 1.807) is 30.3 Å². The predicted octanol–water partition coefficient (Wildman–Crippen LogP) is 4.06. The molecule has 144 valence electrons. The SMILES string of the molecule is COc1c(C(=O)CC(=O)c2ccc3c(c2)OCO3)ccc2c1C=CC(C)(C)O2. The number of methoxy groups -OCH3 is 1. The lowest BCUT2D eigenvalue weighted by Crippen LogP contribution is -2.27. The van der Waals surface area contributed by atoms with Crippen molar-refractivity contribution in [2.24, 2.45) is 0 Å². The van der Waals surface area contributed by atoms with E-state index in [1.807, 2.05) is 26.0 Å². The van der Waals surface area contributed by atoms with Crippen LogP contribution in [0.1, 0.15) is 46.5 Å². The molecule has 0 N–H and O–H groups in total. The summed E-state index contributed by atoms with van der Waals surface area (Å²) >= 11 is 0. The molecule has 2 aromatic rings. The molecule has 0 fully saturated rings. The van der Waals surface area contributed by atoms with Crippen molar-refractivity contribution >= 4 is 17.6 Å². The second kappa shape index (κ2) is 6.71. The first kappa shape index (κ1) is 18.1. The minimum Gasteiger partial charge on any atom is -0.495 e. The Balaban J connectivity index is 1.59. The van der Waals surface area contributed by atoms with Gasteiger partial charge in [0.25, 0.3) is 0 Å². The zero-order chi connectivity index (χ0) is 19.9. The molecule has 0 atom stereocenters. The number of rotatable bonds is 5. The van der Waals surface area contributed by atoms with Gasteiger partial charge in [-0.2, -0.15) is 0 Å². The van der Waals surface area contributed by atoms with E-state index < -0.39 is 5.60 Å². The van der Waals surface area contributed by atoms with Gasteiger partial charge in [0.1, 0.15) is 17.1 Å². The van der Waals surface area contributed by atoms with Crippen molar-refractivity contribution in [3.63, 3.8) is 0 Å². The monoisotopic (exact) mass is 380 g/mol. The summed E-state index contributed by atoms with van der Waals surface area (Å²) in [5.41, 5.74) is 1.02. The fraction of sp³-hybridized carbons (Fsp3) is 0.273. The molecule has 4 rings (SSSR count). The highest BCUT2D eigenvalue weighted by atomic mass is 16.7. The van der Waals surface area contributed by atoms with Gasteiger partial charge in [-0.1, -0.05) is 0 Å². The van der Waals surface area contributed by atoms with Gasteiger partial charge in [-0.05, 0) is 56.3 Å². The first-order chi connectivity index (χ1) is 13.4. The van der Waals surface area contributed by atoms with Crippen molar-refractivity contribution in [3.8, 4) is 23.0 Å². The van der Waals surface area contributed by atoms with Gasteiger partial charge >= 0.3 is 0 Å². The molecule has 2 aliphatic heterocycles. The Labute approximate surface area is 162 Å². The molecule has 0 spiro atoms. The van der Waals surface area contributed by atoms with Crippen LogP contribution in [0.4, 0.5) is 0 Å². The molecule has 2 aromatic carbocycles. The number of ether oxygens (including phenoxy) is 4. The maximum Gasteiger partial charge on any atom is 0.231 e. The van der Waals surface area contributed by atoms with E-state index in [1.165, 1.54) is 7.11 Å². The summed E-state index contributed by atoms with van der Waals surface area (Å²) in [7, 11) is 1.50. The van der Waals surface area contributed by atoms with E-state index in [9.17, 15) is 9.59 Å². The van der Waals surface area contributed by atoms with E-state index in [0.717, 1.165) is 0 Å². The molecule has 0 amide bonds. The van der Waals surface area contributed by atoms with Gasteiger partial charge in [0.2, 0.25) is 6.79 Å². The average Bonchev–Trinajstić information content (AvgIpc) is 3.13. The molecular formula is C22H20O6. The fourth-order valence-electron chi connectivity index (χ4n) is 3.28. The van der Waals surface area contributed by atoms with Gasteiger partial charge in [0.05, 0.1) is 24.7 Å². The summed E-state index contributed by atoms with van der Waals surface area (Å²) in [5.74, 6) is 1.54. The lowest BCUT2D eigenvalue weighted by Gasteiger charge is -2.29. The molecule has 0 saturated carbocycles. The third-order valence-electron chi connectivity index (χ3n) is 4.70. The number of carbonyl (C=O) groups is 2. The van der Waals surface area contributed by atoms with Crippen LogP contribution in [0.5, 0.6) is 23.0 Å². The average molecular weight is 380 g/mol. The van der Waals surface area contributed by atoms with Crippen LogP contribution in [0, 0.1) is 0 Å². The maximum absolute atomic E-state index is 12.8. The number of carbonyl (C=O) groups excluding carboxylic acids is 2. The molecule has 0 saturated heterocycles. The van der Waals surface area contributed by atoms with Gasteiger partial charge in [-0.15, -0.1) is 0 Å². The standard InChI is InChI=1S/C22H20O6/c1-22(2)9-8-15-18(28-22)7-5-14(21(15)25-3)17(24)11-16(23)13-4-6-19-20(10-13)27-12-26-19/h4-10H,11-12H2,1-3H3. The van der Waals surface area contributed by atoms with Crippen LogP contribution in [0.3, 0.4) is 0 Å². The molecule has 0 aromatic heterocycles. The summed E-state index contributed by atoms with van der Waals surface area (Å²) in [5, 5.41) is 0. The summed E-state index contributed by atoms with van der Waals surface area (Å²) in [6.45, 7) is 4.02. The van der Waals surface area contributed by atoms with Crippen molar-refractivity contribution in [2.75, 3.05) is 13.9 Å². The molecule has 6 heteroatoms. The zero-order valence-electron chi connectivity index (χ0n) is 15.9. The summed E-state index contributed by atoms with van der Waals surface area (Å²) in [6.07, 6.45) is 3.52. The highest BCUT2D eigenvalue weighted by Gasteiger charge is 2.27. The predicted molar refractivity (Wildman–Crippen MR) is 103 cm³/mol. The molecule has 0 radical (unpaired) electrons. The summed E-state index contributed by atoms with van der Waals surface area (Å²) in [4.78, 5) is 25.4. The van der Waals surface area contributed by atoms with Crippen LogP contribution in [-0.2, 0) is 0 Å². The van der Waals surface area contributed by atoms with Crippen molar-refractivity contribution in [2.45, 2.75) is 25.9 Å². The molecule has 0 aliphatic carbocycles. The molecule has 28 heavy (non-hydrogen) atoms. The number of benzene rings is 2. The normalized spacial score (nSPS) is 15.5. The molecule has 0 bridgehead atoms. The lowest BCUT2D eigenvalue weighted by atomic mass is 9.95. The second-order valence-corrected chi connectivity index (χ2v) is 7.19. The van der Waals surface area contributed by atoms with E-state index >= 15 is 0 Å². The third-order valence-corrected chi connectivity index (χ3v) is 4.70. The zero-order valence-corrected chi connectivity index (χ0v) is 15.9. The largest absolute Gasteiger partial charge is 0.495 e. The molecule has 2 aliphatic rings. The maximum atomic E-state index is 12.8. The number of hydrogen-bond acceptors (Lipinski definition) is 6. The topological polar surface area (TPSA) is 71.1 Å². The highest BCUT2D eigenvalue weighted by Crippen LogP contribution is 2.39. The van der Waals surface area contributed by atoms with E-state index in [2.05, 4.69) is 0 Å². The van der Waals surface area contributed by atoms with Gasteiger partial charge < -0.3 is 18.9 Å². The molecule has 0 unspecified atom stereocenters. The van der Waals surface area contributed by atoms with Crippen molar-refractivity contribution in [3.05, 3.63) is 53.1 Å². The smallest absolute Gasteiger partial charge is 0.231 e. The minimum atomic E-state index is -0.432. The Hall–Kier alpha value is -3.28. The Morgan fingerprint density at radius 1 is 1.04 bits per heavy atom. The van der Waals surface area contributed by atoms with Crippen LogP contribution in [0.25, 0.3) is 6.08 Å². The van der Waals surface area contributed by atoms with E-state index in [-0.39, 0.29) is 24.8 Å². The number of fused-ring (bicyclic) bond motifs is 2. The van der Waals surface area contributed by atoms with E-state index in [4.69, 9.17) is 18.9 Å². The Morgan fingerprint density at radius 3 is 2.57 bits per heavy atom. The Morgan fingerprint density at radius 2 is 1.79 bits per heavy atom. The Kier molecular flexibility index (Phi) is 4.34. The van der Waals surface area contributed by atoms with Crippen LogP contribution in [0.15, 0.2) is 36.4 Å². The first-order valence-corrected chi connectivity index (χ1v) is 8.93. The molecule has 2 heterocycles. The fourth-order valence-corrected chi connectivity index (χ4v) is 3.28. The summed E-state index contributed by atoms with van der Waals surface area (Å²) < 4.78 is 21.9. The van der Waals surface area contributed by atoms with Crippen LogP contribution in [0.2, 0.25) is 0 Å². The lowest BCUT2D eigenvalue weighted by molar-refractivity contribution is 0.0892. The second-order valence-electron chi connectivity index (χ2n) is 7.19. The molecule has 6 nitrogen and oxygen atoms in total. The van der Waals surface area contributed by atoms with Gasteiger partial charge in [-0.3, -0.25) is 9.59 Å². The van der Waals surface area contributed by atoms with Gasteiger partial charge in [0, 0.05) is 5.56 Å². The van der Waals surface area contributed by atoms with Crippen molar-refractivity contribution < 1.29 is 28.5 Å². The van der Waals surface area contributed by atoms with Gasteiger partial charge in [-0.25, -0.2) is 0 Å². The van der Waals surface area contributed by atoms with Crippen LogP contribution in [-0.4, -0.2) is 31.1 Å². The highest BCUT2D eigenvalue weighted by molar-refractivity contribution is 6.15. The van der Waals surface area contributed by atoms with Crippen molar-refractivity contribution in [1.82, 2.24) is 0 Å². The molecular weight excluding hydrogens is 360 g/mol.